The third kappa shape index (κ3) is 2.62. The molecule has 1 unspecified atom stereocenters. The number of nitrogens with one attached hydrogen (secondary N) is 1. The number of nitrogens with zero attached hydrogens (tertiary/aromatic N) is 1. The number of hydrogen-bond donors (Lipinski definition) is 1. The van der Waals surface area contributed by atoms with Crippen LogP contribution in [-0.2, 0) is 17.7 Å². The highest BCUT2D eigenvalue weighted by Gasteiger charge is 2.20. The Morgan fingerprint density at radius 2 is 2.15 bits per heavy atom. The Hall–Kier alpha value is -1.65. The van der Waals surface area contributed by atoms with Crippen molar-refractivity contribution in [3.8, 4) is 0 Å². The van der Waals surface area contributed by atoms with Crippen LogP contribution >= 0.6 is 0 Å². The third-order valence-electron chi connectivity index (χ3n) is 3.91. The first-order chi connectivity index (χ1) is 9.75. The van der Waals surface area contributed by atoms with Gasteiger partial charge in [-0.05, 0) is 31.4 Å². The van der Waals surface area contributed by atoms with Crippen LogP contribution in [0.3, 0.4) is 0 Å². The van der Waals surface area contributed by atoms with Crippen LogP contribution in [-0.4, -0.2) is 18.3 Å². The Kier molecular flexibility index (Phi) is 3.85. The van der Waals surface area contributed by atoms with Crippen molar-refractivity contribution in [2.24, 2.45) is 0 Å². The van der Waals surface area contributed by atoms with Crippen LogP contribution in [0, 0.1) is 13.8 Å². The first-order valence-corrected chi connectivity index (χ1v) is 7.07. The molecule has 1 aromatic carbocycles. The van der Waals surface area contributed by atoms with Gasteiger partial charge in [-0.15, -0.1) is 0 Å². The van der Waals surface area contributed by atoms with Crippen LogP contribution in [0.15, 0.2) is 28.8 Å². The van der Waals surface area contributed by atoms with Crippen molar-refractivity contribution in [1.82, 2.24) is 10.5 Å². The van der Waals surface area contributed by atoms with Crippen LogP contribution in [0.5, 0.6) is 0 Å². The maximum atomic E-state index is 5.88. The van der Waals surface area contributed by atoms with Crippen molar-refractivity contribution in [3.05, 3.63) is 52.4 Å². The second kappa shape index (κ2) is 5.77. The van der Waals surface area contributed by atoms with E-state index in [1.165, 1.54) is 11.1 Å². The molecule has 2 aromatic rings. The lowest BCUT2D eigenvalue weighted by Gasteiger charge is -2.26. The summed E-state index contributed by atoms with van der Waals surface area (Å²) in [5.41, 5.74) is 4.82. The fourth-order valence-corrected chi connectivity index (χ4v) is 2.73. The minimum atomic E-state index is 0.139. The molecule has 0 saturated heterocycles. The van der Waals surface area contributed by atoms with Crippen LogP contribution in [0.4, 0.5) is 0 Å². The smallest absolute Gasteiger partial charge is 0.138 e. The van der Waals surface area contributed by atoms with Gasteiger partial charge in [0.05, 0.1) is 18.4 Å². The minimum absolute atomic E-state index is 0.139. The van der Waals surface area contributed by atoms with E-state index in [-0.39, 0.29) is 6.10 Å². The van der Waals surface area contributed by atoms with E-state index in [4.69, 9.17) is 9.26 Å². The molecule has 1 aromatic heterocycles. The SMILES string of the molecule is Cc1noc(C)c1CNCC1OCCc2ccccc21. The summed E-state index contributed by atoms with van der Waals surface area (Å²) in [6.07, 6.45) is 1.15. The summed E-state index contributed by atoms with van der Waals surface area (Å²) < 4.78 is 11.1. The first-order valence-electron chi connectivity index (χ1n) is 7.07. The zero-order valence-electron chi connectivity index (χ0n) is 12.0. The van der Waals surface area contributed by atoms with E-state index in [1.807, 2.05) is 13.8 Å². The zero-order valence-corrected chi connectivity index (χ0v) is 12.0. The molecule has 1 aliphatic heterocycles. The molecular weight excluding hydrogens is 252 g/mol. The van der Waals surface area contributed by atoms with Gasteiger partial charge in [-0.3, -0.25) is 0 Å². The number of ether oxygens (including phenoxy) is 1. The van der Waals surface area contributed by atoms with Crippen molar-refractivity contribution in [1.29, 1.82) is 0 Å². The van der Waals surface area contributed by atoms with Crippen molar-refractivity contribution < 1.29 is 9.26 Å². The Labute approximate surface area is 119 Å². The Morgan fingerprint density at radius 1 is 1.30 bits per heavy atom. The van der Waals surface area contributed by atoms with Gasteiger partial charge in [-0.25, -0.2) is 0 Å². The fourth-order valence-electron chi connectivity index (χ4n) is 2.73. The van der Waals surface area contributed by atoms with Gasteiger partial charge in [-0.1, -0.05) is 29.4 Å². The molecule has 0 spiro atoms. The molecule has 20 heavy (non-hydrogen) atoms. The highest BCUT2D eigenvalue weighted by atomic mass is 16.5. The normalized spacial score (nSPS) is 18.0. The number of benzene rings is 1. The summed E-state index contributed by atoms with van der Waals surface area (Å²) in [6.45, 7) is 6.29. The summed E-state index contributed by atoms with van der Waals surface area (Å²) >= 11 is 0. The van der Waals surface area contributed by atoms with Gasteiger partial charge in [0.1, 0.15) is 5.76 Å². The predicted octanol–water partition coefficient (Wildman–Crippen LogP) is 2.70. The summed E-state index contributed by atoms with van der Waals surface area (Å²) in [5.74, 6) is 0.889. The van der Waals surface area contributed by atoms with Crippen LogP contribution < -0.4 is 5.32 Å². The number of aryl methyl sites for hydroxylation is 2. The van der Waals surface area contributed by atoms with E-state index in [9.17, 15) is 0 Å². The minimum Gasteiger partial charge on any atom is -0.372 e. The first kappa shape index (κ1) is 13.3. The summed E-state index contributed by atoms with van der Waals surface area (Å²) in [4.78, 5) is 0. The average Bonchev–Trinajstić information content (AvgIpc) is 2.79. The molecule has 1 aliphatic rings. The van der Waals surface area contributed by atoms with Gasteiger partial charge in [-0.2, -0.15) is 0 Å². The average molecular weight is 272 g/mol. The van der Waals surface area contributed by atoms with Crippen molar-refractivity contribution >= 4 is 0 Å². The van der Waals surface area contributed by atoms with Crippen LogP contribution in [0.1, 0.15) is 34.2 Å². The van der Waals surface area contributed by atoms with E-state index >= 15 is 0 Å². The van der Waals surface area contributed by atoms with E-state index in [0.29, 0.717) is 0 Å². The van der Waals surface area contributed by atoms with E-state index < -0.39 is 0 Å². The molecule has 0 fully saturated rings. The number of fused-ring (bicyclic) bond motifs is 1. The molecule has 0 radical (unpaired) electrons. The Bertz CT molecular complexity index is 572. The topological polar surface area (TPSA) is 47.3 Å². The highest BCUT2D eigenvalue weighted by Crippen LogP contribution is 2.26. The Morgan fingerprint density at radius 3 is 2.95 bits per heavy atom. The molecule has 0 saturated carbocycles. The molecule has 0 bridgehead atoms. The van der Waals surface area contributed by atoms with Crippen molar-refractivity contribution in [3.63, 3.8) is 0 Å². The van der Waals surface area contributed by atoms with Crippen LogP contribution in [0.2, 0.25) is 0 Å². The van der Waals surface area contributed by atoms with Gasteiger partial charge in [0, 0.05) is 18.7 Å². The lowest BCUT2D eigenvalue weighted by molar-refractivity contribution is 0.0423. The predicted molar refractivity (Wildman–Crippen MR) is 76.5 cm³/mol. The molecular formula is C16H20N2O2. The molecule has 2 heterocycles. The van der Waals surface area contributed by atoms with Crippen molar-refractivity contribution in [2.75, 3.05) is 13.2 Å². The molecule has 0 aliphatic carbocycles. The third-order valence-corrected chi connectivity index (χ3v) is 3.91. The molecule has 4 nitrogen and oxygen atoms in total. The second-order valence-corrected chi connectivity index (χ2v) is 5.24. The lowest BCUT2D eigenvalue weighted by Crippen LogP contribution is -2.27. The van der Waals surface area contributed by atoms with Gasteiger partial charge in [0.2, 0.25) is 0 Å². The quantitative estimate of drug-likeness (QED) is 0.929. The van der Waals surface area contributed by atoms with Gasteiger partial charge < -0.3 is 14.6 Å². The van der Waals surface area contributed by atoms with E-state index in [1.54, 1.807) is 0 Å². The fraction of sp³-hybridized carbons (Fsp3) is 0.438. The molecule has 0 amide bonds. The maximum Gasteiger partial charge on any atom is 0.138 e. The molecule has 3 rings (SSSR count). The number of rotatable bonds is 4. The maximum absolute atomic E-state index is 5.88. The summed E-state index contributed by atoms with van der Waals surface area (Å²) in [7, 11) is 0. The molecule has 1 atom stereocenters. The van der Waals surface area contributed by atoms with Crippen LogP contribution in [0.25, 0.3) is 0 Å². The number of hydrogen-bond acceptors (Lipinski definition) is 4. The molecule has 106 valence electrons. The molecule has 1 N–H and O–H groups in total. The van der Waals surface area contributed by atoms with Gasteiger partial charge in [0.25, 0.3) is 0 Å². The zero-order chi connectivity index (χ0) is 13.9. The number of aromatic nitrogens is 1. The second-order valence-electron chi connectivity index (χ2n) is 5.24. The van der Waals surface area contributed by atoms with Gasteiger partial charge in [0.15, 0.2) is 0 Å². The van der Waals surface area contributed by atoms with E-state index in [0.717, 1.165) is 43.1 Å². The lowest BCUT2D eigenvalue weighted by atomic mass is 9.97. The van der Waals surface area contributed by atoms with Gasteiger partial charge >= 0.3 is 0 Å². The van der Waals surface area contributed by atoms with Crippen molar-refractivity contribution in [2.45, 2.75) is 32.9 Å². The summed E-state index contributed by atoms with van der Waals surface area (Å²) in [5, 5.41) is 7.43. The summed E-state index contributed by atoms with van der Waals surface area (Å²) in [6, 6.07) is 8.53. The van der Waals surface area contributed by atoms with E-state index in [2.05, 4.69) is 34.7 Å². The largest absolute Gasteiger partial charge is 0.372 e. The standard InChI is InChI=1S/C16H20N2O2/c1-11-15(12(2)20-18-11)9-17-10-16-14-6-4-3-5-13(14)7-8-19-16/h3-6,16-17H,7-10H2,1-2H3. The monoisotopic (exact) mass is 272 g/mol. The molecule has 4 heteroatoms. The Balaban J connectivity index is 1.63. The highest BCUT2D eigenvalue weighted by molar-refractivity contribution is 5.31.